The zero-order chi connectivity index (χ0) is 18.8. The van der Waals surface area contributed by atoms with Gasteiger partial charge in [-0.2, -0.15) is 5.10 Å². The Labute approximate surface area is 157 Å². The van der Waals surface area contributed by atoms with E-state index in [1.807, 2.05) is 0 Å². The molecule has 0 atom stereocenters. The van der Waals surface area contributed by atoms with Gasteiger partial charge in [0.2, 0.25) is 5.76 Å². The first kappa shape index (κ1) is 17.0. The van der Waals surface area contributed by atoms with Crippen molar-refractivity contribution in [1.29, 1.82) is 0 Å². The summed E-state index contributed by atoms with van der Waals surface area (Å²) in [6.45, 7) is 0.263. The first-order valence-corrected chi connectivity index (χ1v) is 8.24. The molecule has 0 bridgehead atoms. The monoisotopic (exact) mass is 386 g/mol. The van der Waals surface area contributed by atoms with Crippen LogP contribution in [-0.4, -0.2) is 20.8 Å². The number of furan rings is 1. The van der Waals surface area contributed by atoms with Crippen molar-refractivity contribution in [1.82, 2.24) is 14.9 Å². The van der Waals surface area contributed by atoms with Crippen LogP contribution in [0.3, 0.4) is 0 Å². The predicted octanol–water partition coefficient (Wildman–Crippen LogP) is 4.22. The molecule has 3 aromatic heterocycles. The van der Waals surface area contributed by atoms with Crippen LogP contribution < -0.4 is 5.32 Å². The summed E-state index contributed by atoms with van der Waals surface area (Å²) >= 11 is 6.06. The lowest BCUT2D eigenvalue weighted by atomic mass is 10.2. The number of halogens is 2. The normalized spacial score (nSPS) is 10.9. The third-order valence-electron chi connectivity index (χ3n) is 3.74. The molecule has 0 unspecified atom stereocenters. The Morgan fingerprint density at radius 2 is 2.15 bits per heavy atom. The first-order valence-electron chi connectivity index (χ1n) is 7.87. The molecule has 0 aliphatic carbocycles. The van der Waals surface area contributed by atoms with Gasteiger partial charge in [0, 0.05) is 17.3 Å². The molecule has 3 heterocycles. The van der Waals surface area contributed by atoms with E-state index >= 15 is 0 Å². The summed E-state index contributed by atoms with van der Waals surface area (Å²) < 4.78 is 25.2. The number of rotatable bonds is 5. The number of hydrogen-bond acceptors (Lipinski definition) is 5. The van der Waals surface area contributed by atoms with E-state index in [2.05, 4.69) is 15.6 Å². The molecule has 0 aliphatic heterocycles. The van der Waals surface area contributed by atoms with E-state index in [1.54, 1.807) is 18.3 Å². The largest absolute Gasteiger partial charge is 0.461 e. The third-order valence-corrected chi connectivity index (χ3v) is 4.11. The van der Waals surface area contributed by atoms with Crippen LogP contribution in [0.15, 0.2) is 64.0 Å². The van der Waals surface area contributed by atoms with Crippen molar-refractivity contribution < 1.29 is 18.1 Å². The maximum Gasteiger partial charge on any atom is 0.277 e. The highest BCUT2D eigenvalue weighted by Gasteiger charge is 2.16. The van der Waals surface area contributed by atoms with Crippen molar-refractivity contribution >= 4 is 23.2 Å². The maximum absolute atomic E-state index is 13.4. The van der Waals surface area contributed by atoms with Gasteiger partial charge in [0.05, 0.1) is 24.7 Å². The fourth-order valence-corrected chi connectivity index (χ4v) is 2.64. The van der Waals surface area contributed by atoms with E-state index in [-0.39, 0.29) is 18.1 Å². The van der Waals surface area contributed by atoms with Gasteiger partial charge in [0.15, 0.2) is 11.5 Å². The molecule has 27 heavy (non-hydrogen) atoms. The number of benzene rings is 1. The zero-order valence-electron chi connectivity index (χ0n) is 13.7. The molecular weight excluding hydrogens is 375 g/mol. The Morgan fingerprint density at radius 1 is 1.26 bits per heavy atom. The lowest BCUT2D eigenvalue weighted by molar-refractivity contribution is 0.101. The molecule has 0 saturated carbocycles. The van der Waals surface area contributed by atoms with Gasteiger partial charge in [-0.25, -0.2) is 4.39 Å². The molecule has 0 saturated heterocycles. The third kappa shape index (κ3) is 3.75. The van der Waals surface area contributed by atoms with Crippen molar-refractivity contribution in [2.75, 3.05) is 5.32 Å². The summed E-state index contributed by atoms with van der Waals surface area (Å²) in [5, 5.41) is 11.0. The number of nitrogens with zero attached hydrogens (tertiary/aromatic N) is 3. The lowest BCUT2D eigenvalue weighted by Crippen LogP contribution is -2.11. The minimum absolute atomic E-state index is 0.0994. The van der Waals surface area contributed by atoms with Crippen LogP contribution in [-0.2, 0) is 6.54 Å². The molecule has 1 N–H and O–H groups in total. The Morgan fingerprint density at radius 3 is 2.96 bits per heavy atom. The molecule has 4 rings (SSSR count). The SMILES string of the molecule is O=C(Nc1cnn(Cc2cc(F)ccc2Cl)c1)c1cc(-c2ccco2)on1. The summed E-state index contributed by atoms with van der Waals surface area (Å²) in [6.07, 6.45) is 4.57. The van der Waals surface area contributed by atoms with E-state index in [9.17, 15) is 9.18 Å². The molecule has 1 aromatic carbocycles. The molecule has 9 heteroatoms. The molecule has 0 spiro atoms. The van der Waals surface area contributed by atoms with E-state index in [1.165, 1.54) is 41.4 Å². The molecule has 0 fully saturated rings. The summed E-state index contributed by atoms with van der Waals surface area (Å²) in [4.78, 5) is 12.3. The van der Waals surface area contributed by atoms with Gasteiger partial charge >= 0.3 is 0 Å². The number of carbonyl (C=O) groups excluding carboxylic acids is 1. The minimum atomic E-state index is -0.458. The van der Waals surface area contributed by atoms with Gasteiger partial charge in [-0.1, -0.05) is 16.8 Å². The molecule has 0 aliphatic rings. The smallest absolute Gasteiger partial charge is 0.277 e. The van der Waals surface area contributed by atoms with Gasteiger partial charge < -0.3 is 14.3 Å². The maximum atomic E-state index is 13.4. The minimum Gasteiger partial charge on any atom is -0.461 e. The topological polar surface area (TPSA) is 86.1 Å². The van der Waals surface area contributed by atoms with Crippen LogP contribution in [0.5, 0.6) is 0 Å². The van der Waals surface area contributed by atoms with Crippen molar-refractivity contribution in [2.45, 2.75) is 6.54 Å². The van der Waals surface area contributed by atoms with Crippen molar-refractivity contribution in [3.8, 4) is 11.5 Å². The summed E-state index contributed by atoms with van der Waals surface area (Å²) in [5.41, 5.74) is 1.13. The Hall–Kier alpha value is -3.39. The standard InChI is InChI=1S/C18H12ClFN4O3/c19-14-4-3-12(20)6-11(14)9-24-10-13(8-21-24)22-18(25)15-7-17(27-23-15)16-2-1-5-26-16/h1-8,10H,9H2,(H,22,25). The fourth-order valence-electron chi connectivity index (χ4n) is 2.47. The number of carbonyl (C=O) groups is 1. The number of anilines is 1. The Kier molecular flexibility index (Phi) is 4.47. The van der Waals surface area contributed by atoms with E-state index < -0.39 is 5.91 Å². The van der Waals surface area contributed by atoms with Crippen LogP contribution >= 0.6 is 11.6 Å². The van der Waals surface area contributed by atoms with Crippen LogP contribution in [0, 0.1) is 5.82 Å². The average Bonchev–Trinajstić information content (AvgIpc) is 3.38. The van der Waals surface area contributed by atoms with Gasteiger partial charge in [-0.15, -0.1) is 0 Å². The predicted molar refractivity (Wildman–Crippen MR) is 94.9 cm³/mol. The summed E-state index contributed by atoms with van der Waals surface area (Å²) in [7, 11) is 0. The first-order chi connectivity index (χ1) is 13.1. The van der Waals surface area contributed by atoms with Gasteiger partial charge in [0.25, 0.3) is 5.91 Å². The van der Waals surface area contributed by atoms with Crippen molar-refractivity contribution in [2.24, 2.45) is 0 Å². The number of amides is 1. The second kappa shape index (κ2) is 7.08. The highest BCUT2D eigenvalue weighted by molar-refractivity contribution is 6.31. The fraction of sp³-hybridized carbons (Fsp3) is 0.0556. The van der Waals surface area contributed by atoms with Gasteiger partial charge in [-0.05, 0) is 35.9 Å². The van der Waals surface area contributed by atoms with Gasteiger partial charge in [0.1, 0.15) is 5.82 Å². The van der Waals surface area contributed by atoms with Crippen molar-refractivity contribution in [3.05, 3.63) is 77.2 Å². The molecule has 1 amide bonds. The second-order valence-corrected chi connectivity index (χ2v) is 6.08. The summed E-state index contributed by atoms with van der Waals surface area (Å²) in [5.74, 6) is -0.0173. The second-order valence-electron chi connectivity index (χ2n) is 5.67. The molecular formula is C18H12ClFN4O3. The summed E-state index contributed by atoms with van der Waals surface area (Å²) in [6, 6.07) is 8.99. The Balaban J connectivity index is 1.44. The highest BCUT2D eigenvalue weighted by Crippen LogP contribution is 2.21. The molecule has 0 radical (unpaired) electrons. The number of hydrogen-bond donors (Lipinski definition) is 1. The average molecular weight is 387 g/mol. The van der Waals surface area contributed by atoms with Crippen molar-refractivity contribution in [3.63, 3.8) is 0 Å². The zero-order valence-corrected chi connectivity index (χ0v) is 14.5. The molecule has 136 valence electrons. The number of nitrogens with one attached hydrogen (secondary N) is 1. The van der Waals surface area contributed by atoms with Gasteiger partial charge in [-0.3, -0.25) is 9.48 Å². The van der Waals surface area contributed by atoms with Crippen LogP contribution in [0.4, 0.5) is 10.1 Å². The van der Waals surface area contributed by atoms with E-state index in [4.69, 9.17) is 20.5 Å². The quantitative estimate of drug-likeness (QED) is 0.555. The molecule has 7 nitrogen and oxygen atoms in total. The molecule has 4 aromatic rings. The van der Waals surface area contributed by atoms with E-state index in [0.29, 0.717) is 27.8 Å². The van der Waals surface area contributed by atoms with E-state index in [0.717, 1.165) is 0 Å². The highest BCUT2D eigenvalue weighted by atomic mass is 35.5. The number of aromatic nitrogens is 3. The van der Waals surface area contributed by atoms with Crippen LogP contribution in [0.1, 0.15) is 16.1 Å². The lowest BCUT2D eigenvalue weighted by Gasteiger charge is -2.04. The Bertz CT molecular complexity index is 1090. The van der Waals surface area contributed by atoms with Crippen LogP contribution in [0.2, 0.25) is 5.02 Å². The van der Waals surface area contributed by atoms with Crippen LogP contribution in [0.25, 0.3) is 11.5 Å².